The van der Waals surface area contributed by atoms with Gasteiger partial charge in [-0.05, 0) is 43.2 Å². The Hall–Kier alpha value is -1.57. The summed E-state index contributed by atoms with van der Waals surface area (Å²) in [5.41, 5.74) is 5.83. The number of hydrogen-bond donors (Lipinski definition) is 2. The number of anilines is 1. The van der Waals surface area contributed by atoms with Gasteiger partial charge in [-0.15, -0.1) is 24.8 Å². The second-order valence-electron chi connectivity index (χ2n) is 5.65. The van der Waals surface area contributed by atoms with Crippen LogP contribution in [0.5, 0.6) is 11.5 Å². The molecule has 142 valence electrons. The molecule has 0 aliphatic carbocycles. The zero-order valence-corrected chi connectivity index (χ0v) is 16.2. The van der Waals surface area contributed by atoms with Crippen molar-refractivity contribution in [2.24, 2.45) is 5.73 Å². The SMILES string of the molecule is Cl.Cl.NC1(C(=O)Nc2ccc(Oc3ccncc3)c(Cl)c2)CCOCC1. The first-order valence-electron chi connectivity index (χ1n) is 7.62. The van der Waals surface area contributed by atoms with E-state index in [1.165, 1.54) is 0 Å². The number of halogens is 3. The van der Waals surface area contributed by atoms with E-state index in [9.17, 15) is 4.79 Å². The highest BCUT2D eigenvalue weighted by Crippen LogP contribution is 2.32. The Morgan fingerprint density at radius 1 is 1.19 bits per heavy atom. The van der Waals surface area contributed by atoms with Gasteiger partial charge < -0.3 is 20.5 Å². The summed E-state index contributed by atoms with van der Waals surface area (Å²) < 4.78 is 10.9. The highest BCUT2D eigenvalue weighted by Gasteiger charge is 2.35. The van der Waals surface area contributed by atoms with Gasteiger partial charge in [0.05, 0.1) is 5.02 Å². The lowest BCUT2D eigenvalue weighted by Gasteiger charge is -2.31. The minimum absolute atomic E-state index is 0. The van der Waals surface area contributed by atoms with Crippen LogP contribution in [0.2, 0.25) is 5.02 Å². The molecule has 1 saturated heterocycles. The Labute approximate surface area is 169 Å². The number of carbonyl (C=O) groups is 1. The number of pyridine rings is 1. The summed E-state index contributed by atoms with van der Waals surface area (Å²) in [6.45, 7) is 0.979. The molecule has 2 aromatic rings. The molecule has 0 atom stereocenters. The maximum Gasteiger partial charge on any atom is 0.244 e. The predicted octanol–water partition coefficient (Wildman–Crippen LogP) is 3.82. The lowest BCUT2D eigenvalue weighted by Crippen LogP contribution is -2.54. The lowest BCUT2D eigenvalue weighted by atomic mass is 9.90. The van der Waals surface area contributed by atoms with Gasteiger partial charge in [-0.1, -0.05) is 11.6 Å². The third-order valence-electron chi connectivity index (χ3n) is 3.90. The summed E-state index contributed by atoms with van der Waals surface area (Å²) in [6.07, 6.45) is 4.25. The van der Waals surface area contributed by atoms with E-state index in [1.54, 1.807) is 42.7 Å². The molecular weight excluding hydrogens is 401 g/mol. The van der Waals surface area contributed by atoms with Crippen LogP contribution in [-0.4, -0.2) is 29.6 Å². The Morgan fingerprint density at radius 2 is 1.85 bits per heavy atom. The Balaban J connectivity index is 0.00000169. The number of ether oxygens (including phenoxy) is 2. The van der Waals surface area contributed by atoms with Gasteiger partial charge in [-0.25, -0.2) is 0 Å². The van der Waals surface area contributed by atoms with E-state index in [2.05, 4.69) is 10.3 Å². The van der Waals surface area contributed by atoms with Crippen LogP contribution in [0.3, 0.4) is 0 Å². The van der Waals surface area contributed by atoms with Crippen LogP contribution in [0.4, 0.5) is 5.69 Å². The summed E-state index contributed by atoms with van der Waals surface area (Å²) in [7, 11) is 0. The van der Waals surface area contributed by atoms with Gasteiger partial charge >= 0.3 is 0 Å². The van der Waals surface area contributed by atoms with E-state index in [-0.39, 0.29) is 30.7 Å². The van der Waals surface area contributed by atoms with Crippen LogP contribution in [-0.2, 0) is 9.53 Å². The minimum Gasteiger partial charge on any atom is -0.456 e. The van der Waals surface area contributed by atoms with Gasteiger partial charge in [0.1, 0.15) is 17.0 Å². The van der Waals surface area contributed by atoms with E-state index in [4.69, 9.17) is 26.8 Å². The molecule has 3 N–H and O–H groups in total. The van der Waals surface area contributed by atoms with E-state index in [1.807, 2.05) is 0 Å². The molecule has 26 heavy (non-hydrogen) atoms. The largest absolute Gasteiger partial charge is 0.456 e. The molecule has 0 saturated carbocycles. The molecule has 0 spiro atoms. The third kappa shape index (κ3) is 5.46. The number of nitrogens with one attached hydrogen (secondary N) is 1. The minimum atomic E-state index is -0.906. The van der Waals surface area contributed by atoms with Crippen LogP contribution in [0.1, 0.15) is 12.8 Å². The van der Waals surface area contributed by atoms with Gasteiger partial charge in [0.2, 0.25) is 5.91 Å². The second kappa shape index (κ2) is 9.94. The van der Waals surface area contributed by atoms with Crippen molar-refractivity contribution in [1.82, 2.24) is 4.98 Å². The number of carbonyl (C=O) groups excluding carboxylic acids is 1. The molecule has 9 heteroatoms. The Bertz CT molecular complexity index is 726. The summed E-state index contributed by atoms with van der Waals surface area (Å²) in [5.74, 6) is 0.894. The van der Waals surface area contributed by atoms with E-state index < -0.39 is 5.54 Å². The first-order valence-corrected chi connectivity index (χ1v) is 8.00. The average Bonchev–Trinajstić information content (AvgIpc) is 2.59. The quantitative estimate of drug-likeness (QED) is 0.785. The number of rotatable bonds is 4. The Morgan fingerprint density at radius 3 is 2.46 bits per heavy atom. The molecule has 2 heterocycles. The lowest BCUT2D eigenvalue weighted by molar-refractivity contribution is -0.124. The van der Waals surface area contributed by atoms with Crippen molar-refractivity contribution >= 4 is 48.0 Å². The molecule has 1 amide bonds. The summed E-state index contributed by atoms with van der Waals surface area (Å²) in [6, 6.07) is 8.53. The van der Waals surface area contributed by atoms with Crippen molar-refractivity contribution < 1.29 is 14.3 Å². The molecule has 1 aliphatic rings. The van der Waals surface area contributed by atoms with Gasteiger partial charge in [-0.2, -0.15) is 0 Å². The standard InChI is InChI=1S/C17H18ClN3O3.2ClH/c18-14-11-12(21-16(22)17(19)5-9-23-10-6-17)1-2-15(14)24-13-3-7-20-8-4-13;;/h1-4,7-8,11H,5-6,9-10,19H2,(H,21,22);2*1H. The normalized spacial score (nSPS) is 15.2. The fourth-order valence-electron chi connectivity index (χ4n) is 2.41. The molecule has 1 aromatic heterocycles. The number of nitrogens with zero attached hydrogens (tertiary/aromatic N) is 1. The van der Waals surface area contributed by atoms with Crippen LogP contribution in [0.15, 0.2) is 42.7 Å². The van der Waals surface area contributed by atoms with Crippen molar-refractivity contribution in [2.75, 3.05) is 18.5 Å². The summed E-state index contributed by atoms with van der Waals surface area (Å²) >= 11 is 6.24. The fraction of sp³-hybridized carbons (Fsp3) is 0.294. The molecule has 6 nitrogen and oxygen atoms in total. The molecule has 1 fully saturated rings. The van der Waals surface area contributed by atoms with Crippen LogP contribution in [0.25, 0.3) is 0 Å². The Kier molecular flexibility index (Phi) is 8.59. The van der Waals surface area contributed by atoms with E-state index in [0.29, 0.717) is 48.3 Å². The van der Waals surface area contributed by atoms with E-state index >= 15 is 0 Å². The molecule has 0 bridgehead atoms. The van der Waals surface area contributed by atoms with Gasteiger partial charge in [-0.3, -0.25) is 9.78 Å². The monoisotopic (exact) mass is 419 g/mol. The van der Waals surface area contributed by atoms with Crippen molar-refractivity contribution in [3.05, 3.63) is 47.7 Å². The molecule has 1 aromatic carbocycles. The molecule has 1 aliphatic heterocycles. The highest BCUT2D eigenvalue weighted by molar-refractivity contribution is 6.32. The molecule has 0 radical (unpaired) electrons. The van der Waals surface area contributed by atoms with Crippen molar-refractivity contribution in [1.29, 1.82) is 0 Å². The van der Waals surface area contributed by atoms with Crippen LogP contribution < -0.4 is 15.8 Å². The topological polar surface area (TPSA) is 86.5 Å². The van der Waals surface area contributed by atoms with Crippen molar-refractivity contribution in [2.45, 2.75) is 18.4 Å². The third-order valence-corrected chi connectivity index (χ3v) is 4.20. The van der Waals surface area contributed by atoms with Crippen molar-refractivity contribution in [3.8, 4) is 11.5 Å². The second-order valence-corrected chi connectivity index (χ2v) is 6.06. The highest BCUT2D eigenvalue weighted by atomic mass is 35.5. The molecular formula is C17H20Cl3N3O3. The molecule has 0 unspecified atom stereocenters. The predicted molar refractivity (Wildman–Crippen MR) is 106 cm³/mol. The van der Waals surface area contributed by atoms with Gasteiger partial charge in [0.25, 0.3) is 0 Å². The van der Waals surface area contributed by atoms with Gasteiger partial charge in [0, 0.05) is 31.3 Å². The maximum atomic E-state index is 12.4. The number of benzene rings is 1. The number of hydrogen-bond acceptors (Lipinski definition) is 5. The maximum absolute atomic E-state index is 12.4. The average molecular weight is 421 g/mol. The number of amides is 1. The van der Waals surface area contributed by atoms with Crippen molar-refractivity contribution in [3.63, 3.8) is 0 Å². The summed E-state index contributed by atoms with van der Waals surface area (Å²) in [4.78, 5) is 16.3. The zero-order chi connectivity index (χ0) is 17.0. The van der Waals surface area contributed by atoms with E-state index in [0.717, 1.165) is 0 Å². The summed E-state index contributed by atoms with van der Waals surface area (Å²) in [5, 5.41) is 3.21. The van der Waals surface area contributed by atoms with Crippen LogP contribution >= 0.6 is 36.4 Å². The fourth-order valence-corrected chi connectivity index (χ4v) is 2.63. The zero-order valence-electron chi connectivity index (χ0n) is 13.8. The first-order chi connectivity index (χ1) is 11.6. The molecule has 3 rings (SSSR count). The number of aromatic nitrogens is 1. The smallest absolute Gasteiger partial charge is 0.244 e. The van der Waals surface area contributed by atoms with Crippen LogP contribution in [0, 0.1) is 0 Å². The van der Waals surface area contributed by atoms with Gasteiger partial charge in [0.15, 0.2) is 0 Å². The number of nitrogens with two attached hydrogens (primary N) is 1. The first kappa shape index (κ1) is 22.5.